The van der Waals surface area contributed by atoms with Gasteiger partial charge in [-0.3, -0.25) is 4.79 Å². The number of benzene rings is 2. The number of nitrogens with zero attached hydrogens (tertiary/aromatic N) is 3. The van der Waals surface area contributed by atoms with Gasteiger partial charge in [0, 0.05) is 26.1 Å². The molecular formula is C24H26F3N3O2. The molecule has 0 saturated carbocycles. The van der Waals surface area contributed by atoms with Crippen LogP contribution in [0.2, 0.25) is 0 Å². The molecule has 8 heteroatoms. The molecule has 5 nitrogen and oxygen atoms in total. The van der Waals surface area contributed by atoms with Crippen molar-refractivity contribution in [2.75, 3.05) is 13.2 Å². The highest BCUT2D eigenvalue weighted by Crippen LogP contribution is 2.30. The third kappa shape index (κ3) is 5.90. The first-order valence-electron chi connectivity index (χ1n) is 10.3. The number of hydrogen-bond acceptors (Lipinski definition) is 3. The number of hydrogen-bond donors (Lipinski definition) is 0. The van der Waals surface area contributed by atoms with Gasteiger partial charge in [0.2, 0.25) is 0 Å². The van der Waals surface area contributed by atoms with Crippen LogP contribution in [0.15, 0.2) is 61.1 Å². The zero-order valence-electron chi connectivity index (χ0n) is 18.3. The molecule has 0 radical (unpaired) electrons. The largest absolute Gasteiger partial charge is 0.493 e. The van der Waals surface area contributed by atoms with Crippen LogP contribution in [0.4, 0.5) is 13.2 Å². The molecule has 0 fully saturated rings. The van der Waals surface area contributed by atoms with Crippen molar-refractivity contribution in [3.63, 3.8) is 0 Å². The first-order valence-corrected chi connectivity index (χ1v) is 10.3. The number of carbonyl (C=O) groups excluding carboxylic acids is 1. The van der Waals surface area contributed by atoms with E-state index in [0.29, 0.717) is 24.5 Å². The van der Waals surface area contributed by atoms with E-state index in [-0.39, 0.29) is 18.4 Å². The number of aryl methyl sites for hydroxylation is 2. The van der Waals surface area contributed by atoms with Gasteiger partial charge in [-0.1, -0.05) is 31.2 Å². The van der Waals surface area contributed by atoms with Crippen molar-refractivity contribution in [2.24, 2.45) is 13.0 Å². The number of imidazole rings is 1. The zero-order valence-corrected chi connectivity index (χ0v) is 18.3. The summed E-state index contributed by atoms with van der Waals surface area (Å²) in [5, 5.41) is 0. The van der Waals surface area contributed by atoms with Crippen LogP contribution in [-0.2, 0) is 19.8 Å². The molecule has 0 bridgehead atoms. The van der Waals surface area contributed by atoms with Gasteiger partial charge in [0.05, 0.1) is 24.7 Å². The Kier molecular flexibility index (Phi) is 7.22. The van der Waals surface area contributed by atoms with Crippen LogP contribution in [0, 0.1) is 12.8 Å². The first-order chi connectivity index (χ1) is 15.1. The lowest BCUT2D eigenvalue weighted by atomic mass is 10.1. The highest BCUT2D eigenvalue weighted by atomic mass is 19.4. The van der Waals surface area contributed by atoms with E-state index in [2.05, 4.69) is 4.98 Å². The summed E-state index contributed by atoms with van der Waals surface area (Å²) in [4.78, 5) is 19.0. The molecule has 0 saturated heterocycles. The van der Waals surface area contributed by atoms with Crippen LogP contribution in [0.5, 0.6) is 5.75 Å². The summed E-state index contributed by atoms with van der Waals surface area (Å²) in [6, 6.07) is 12.5. The van der Waals surface area contributed by atoms with Crippen molar-refractivity contribution in [2.45, 2.75) is 26.6 Å². The molecule has 2 aromatic carbocycles. The van der Waals surface area contributed by atoms with Crippen LogP contribution in [0.25, 0.3) is 0 Å². The fourth-order valence-corrected chi connectivity index (χ4v) is 3.35. The second kappa shape index (κ2) is 9.89. The first kappa shape index (κ1) is 23.4. The van der Waals surface area contributed by atoms with Gasteiger partial charge in [-0.25, -0.2) is 4.98 Å². The summed E-state index contributed by atoms with van der Waals surface area (Å²) < 4.78 is 45.5. The average Bonchev–Trinajstić information content (AvgIpc) is 3.18. The predicted molar refractivity (Wildman–Crippen MR) is 115 cm³/mol. The van der Waals surface area contributed by atoms with Crippen molar-refractivity contribution in [1.82, 2.24) is 14.5 Å². The van der Waals surface area contributed by atoms with Gasteiger partial charge in [0.1, 0.15) is 11.4 Å². The molecule has 1 aromatic heterocycles. The molecule has 0 aliphatic heterocycles. The van der Waals surface area contributed by atoms with E-state index in [9.17, 15) is 18.0 Å². The Labute approximate surface area is 185 Å². The van der Waals surface area contributed by atoms with Crippen LogP contribution < -0.4 is 4.74 Å². The second-order valence-corrected chi connectivity index (χ2v) is 7.94. The lowest BCUT2D eigenvalue weighted by molar-refractivity contribution is -0.137. The van der Waals surface area contributed by atoms with E-state index in [1.54, 1.807) is 22.8 Å². The van der Waals surface area contributed by atoms with Gasteiger partial charge >= 0.3 is 6.18 Å². The van der Waals surface area contributed by atoms with Crippen LogP contribution >= 0.6 is 0 Å². The molecule has 3 rings (SSSR count). The van der Waals surface area contributed by atoms with Gasteiger partial charge in [0.15, 0.2) is 0 Å². The summed E-state index contributed by atoms with van der Waals surface area (Å²) in [6.07, 6.45) is -1.26. The molecule has 0 spiro atoms. The maximum Gasteiger partial charge on any atom is 0.416 e. The van der Waals surface area contributed by atoms with E-state index >= 15 is 0 Å². The highest BCUT2D eigenvalue weighted by Gasteiger charge is 2.30. The Morgan fingerprint density at radius 1 is 1.16 bits per heavy atom. The molecule has 0 aliphatic rings. The number of carbonyl (C=O) groups is 1. The number of ether oxygens (including phenoxy) is 1. The van der Waals surface area contributed by atoms with Gasteiger partial charge in [-0.05, 0) is 42.3 Å². The maximum absolute atomic E-state index is 13.2. The van der Waals surface area contributed by atoms with Gasteiger partial charge in [-0.15, -0.1) is 0 Å². The van der Waals surface area contributed by atoms with Crippen molar-refractivity contribution in [1.29, 1.82) is 0 Å². The smallest absolute Gasteiger partial charge is 0.416 e. The van der Waals surface area contributed by atoms with E-state index in [0.717, 1.165) is 23.3 Å². The number of rotatable bonds is 8. The van der Waals surface area contributed by atoms with Gasteiger partial charge in [-0.2, -0.15) is 13.2 Å². The Bertz CT molecular complexity index is 1050. The van der Waals surface area contributed by atoms with E-state index < -0.39 is 11.7 Å². The maximum atomic E-state index is 13.2. The minimum absolute atomic E-state index is 0.0570. The number of aromatic nitrogens is 2. The summed E-state index contributed by atoms with van der Waals surface area (Å²) in [7, 11) is 1.77. The van der Waals surface area contributed by atoms with E-state index in [1.165, 1.54) is 18.3 Å². The Hall–Kier alpha value is -3.29. The minimum Gasteiger partial charge on any atom is -0.493 e. The Morgan fingerprint density at radius 3 is 2.44 bits per heavy atom. The third-order valence-electron chi connectivity index (χ3n) is 5.19. The fourth-order valence-electron chi connectivity index (χ4n) is 3.35. The summed E-state index contributed by atoms with van der Waals surface area (Å²) in [5.74, 6) is 0.154. The summed E-state index contributed by atoms with van der Waals surface area (Å²) in [6.45, 7) is 5.04. The molecular weight excluding hydrogens is 419 g/mol. The van der Waals surface area contributed by atoms with Gasteiger partial charge < -0.3 is 14.2 Å². The highest BCUT2D eigenvalue weighted by molar-refractivity contribution is 5.92. The number of alkyl halides is 3. The standard InChI is InChI=1S/C24H26F3N3O2/c1-17(15-32-21-10-8-20(9-11-21)24(25,26)27)13-30(14-19-7-5-4-6-18(19)2)23(31)22-12-28-16-29(22)3/h4-12,16-17H,13-15H2,1-3H3. The monoisotopic (exact) mass is 445 g/mol. The Balaban J connectivity index is 1.69. The van der Waals surface area contributed by atoms with Crippen molar-refractivity contribution in [3.8, 4) is 5.75 Å². The lowest BCUT2D eigenvalue weighted by Crippen LogP contribution is -2.37. The van der Waals surface area contributed by atoms with Crippen LogP contribution in [0.3, 0.4) is 0 Å². The SMILES string of the molecule is Cc1ccccc1CN(CC(C)COc1ccc(C(F)(F)F)cc1)C(=O)c1cncn1C. The third-order valence-corrected chi connectivity index (χ3v) is 5.19. The fraction of sp³-hybridized carbons (Fsp3) is 0.333. The van der Waals surface area contributed by atoms with Crippen LogP contribution in [0.1, 0.15) is 34.1 Å². The molecule has 1 heterocycles. The quantitative estimate of drug-likeness (QED) is 0.484. The molecule has 3 aromatic rings. The molecule has 170 valence electrons. The zero-order chi connectivity index (χ0) is 23.3. The normalized spacial score (nSPS) is 12.4. The van der Waals surface area contributed by atoms with Crippen molar-refractivity contribution < 1.29 is 22.7 Å². The molecule has 1 amide bonds. The molecule has 1 unspecified atom stereocenters. The topological polar surface area (TPSA) is 47.4 Å². The van der Waals surface area contributed by atoms with Crippen molar-refractivity contribution >= 4 is 5.91 Å². The van der Waals surface area contributed by atoms with E-state index in [1.807, 2.05) is 38.1 Å². The summed E-state index contributed by atoms with van der Waals surface area (Å²) >= 11 is 0. The molecule has 0 aliphatic carbocycles. The Morgan fingerprint density at radius 2 is 1.84 bits per heavy atom. The minimum atomic E-state index is -4.38. The number of amides is 1. The number of halogens is 3. The van der Waals surface area contributed by atoms with Crippen molar-refractivity contribution in [3.05, 3.63) is 83.4 Å². The predicted octanol–water partition coefficient (Wildman–Crippen LogP) is 5.10. The second-order valence-electron chi connectivity index (χ2n) is 7.94. The lowest BCUT2D eigenvalue weighted by Gasteiger charge is -2.27. The molecule has 0 N–H and O–H groups in total. The van der Waals surface area contributed by atoms with Crippen LogP contribution in [-0.4, -0.2) is 33.5 Å². The molecule has 1 atom stereocenters. The van der Waals surface area contributed by atoms with E-state index in [4.69, 9.17) is 4.74 Å². The van der Waals surface area contributed by atoms with Gasteiger partial charge in [0.25, 0.3) is 5.91 Å². The summed E-state index contributed by atoms with van der Waals surface area (Å²) in [5.41, 5.74) is 1.89. The average molecular weight is 445 g/mol. The molecule has 32 heavy (non-hydrogen) atoms.